The van der Waals surface area contributed by atoms with Crippen molar-refractivity contribution in [1.82, 2.24) is 0 Å². The zero-order valence-corrected chi connectivity index (χ0v) is 6.69. The molecule has 1 saturated heterocycles. The van der Waals surface area contributed by atoms with Gasteiger partial charge in [-0.25, -0.2) is 0 Å². The van der Waals surface area contributed by atoms with E-state index >= 15 is 0 Å². The number of aliphatic hydroxyl groups is 1. The fourth-order valence-corrected chi connectivity index (χ4v) is 1.21. The molecular weight excluding hydrogens is 173 g/mol. The van der Waals surface area contributed by atoms with Gasteiger partial charge in [-0.2, -0.15) is 13.2 Å². The Morgan fingerprint density at radius 1 is 1.42 bits per heavy atom. The second-order valence-electron chi connectivity index (χ2n) is 3.21. The molecule has 0 radical (unpaired) electrons. The van der Waals surface area contributed by atoms with E-state index in [-0.39, 0.29) is 13.0 Å². The molecule has 1 fully saturated rings. The lowest BCUT2D eigenvalue weighted by Crippen LogP contribution is -2.48. The van der Waals surface area contributed by atoms with Gasteiger partial charge in [-0.1, -0.05) is 0 Å². The predicted octanol–water partition coefficient (Wildman–Crippen LogP) is 1.34. The number of hydrogen-bond donors (Lipinski definition) is 1. The highest BCUT2D eigenvalue weighted by atomic mass is 19.4. The van der Waals surface area contributed by atoms with Gasteiger partial charge in [0.2, 0.25) is 0 Å². The Morgan fingerprint density at radius 3 is 2.33 bits per heavy atom. The Balaban J connectivity index is 2.69. The van der Waals surface area contributed by atoms with E-state index < -0.39 is 17.7 Å². The van der Waals surface area contributed by atoms with Crippen molar-refractivity contribution in [2.45, 2.75) is 25.1 Å². The van der Waals surface area contributed by atoms with E-state index in [0.29, 0.717) is 6.61 Å². The molecular formula is C7H11F3O2. The molecule has 2 atom stereocenters. The van der Waals surface area contributed by atoms with Crippen molar-refractivity contribution in [2.75, 3.05) is 13.2 Å². The van der Waals surface area contributed by atoms with E-state index in [4.69, 9.17) is 9.84 Å². The van der Waals surface area contributed by atoms with Crippen LogP contribution in [0, 0.1) is 5.92 Å². The van der Waals surface area contributed by atoms with E-state index in [1.165, 1.54) is 0 Å². The minimum absolute atomic E-state index is 0.00743. The Morgan fingerprint density at radius 2 is 2.00 bits per heavy atom. The topological polar surface area (TPSA) is 29.5 Å². The highest BCUT2D eigenvalue weighted by Gasteiger charge is 2.55. The van der Waals surface area contributed by atoms with Gasteiger partial charge in [0.25, 0.3) is 0 Å². The van der Waals surface area contributed by atoms with Crippen molar-refractivity contribution in [3.8, 4) is 0 Å². The predicted molar refractivity (Wildman–Crippen MR) is 35.6 cm³/mol. The monoisotopic (exact) mass is 184 g/mol. The van der Waals surface area contributed by atoms with Crippen molar-refractivity contribution in [1.29, 1.82) is 0 Å². The summed E-state index contributed by atoms with van der Waals surface area (Å²) in [5.41, 5.74) is -2.61. The fraction of sp³-hybridized carbons (Fsp3) is 1.00. The molecule has 1 rings (SSSR count). The summed E-state index contributed by atoms with van der Waals surface area (Å²) in [5.74, 6) is -0.822. The molecule has 0 aromatic heterocycles. The SMILES string of the molecule is CC(O)(C1CCOC1)C(F)(F)F. The maximum absolute atomic E-state index is 12.2. The molecule has 1 heterocycles. The van der Waals surface area contributed by atoms with Gasteiger partial charge in [0.1, 0.15) is 0 Å². The first-order valence-corrected chi connectivity index (χ1v) is 3.72. The Kier molecular flexibility index (Phi) is 2.35. The van der Waals surface area contributed by atoms with E-state index in [1.807, 2.05) is 0 Å². The molecule has 1 aliphatic rings. The molecule has 2 unspecified atom stereocenters. The van der Waals surface area contributed by atoms with Crippen LogP contribution < -0.4 is 0 Å². The molecule has 0 aromatic rings. The average molecular weight is 184 g/mol. The maximum Gasteiger partial charge on any atom is 0.417 e. The van der Waals surface area contributed by atoms with Gasteiger partial charge in [0.15, 0.2) is 5.60 Å². The molecule has 12 heavy (non-hydrogen) atoms. The van der Waals surface area contributed by atoms with Crippen molar-refractivity contribution in [3.63, 3.8) is 0 Å². The van der Waals surface area contributed by atoms with Gasteiger partial charge in [-0.3, -0.25) is 0 Å². The van der Waals surface area contributed by atoms with Crippen LogP contribution in [0.4, 0.5) is 13.2 Å². The summed E-state index contributed by atoms with van der Waals surface area (Å²) in [6.45, 7) is 1.09. The second-order valence-corrected chi connectivity index (χ2v) is 3.21. The van der Waals surface area contributed by atoms with Gasteiger partial charge in [-0.15, -0.1) is 0 Å². The Hall–Kier alpha value is -0.290. The van der Waals surface area contributed by atoms with Crippen LogP contribution in [0.2, 0.25) is 0 Å². The van der Waals surface area contributed by atoms with E-state index in [0.717, 1.165) is 6.92 Å². The third kappa shape index (κ3) is 1.56. The molecule has 0 aromatic carbocycles. The van der Waals surface area contributed by atoms with Gasteiger partial charge in [-0.05, 0) is 13.3 Å². The summed E-state index contributed by atoms with van der Waals surface area (Å²) < 4.78 is 41.3. The maximum atomic E-state index is 12.2. The lowest BCUT2D eigenvalue weighted by atomic mass is 9.88. The molecule has 0 amide bonds. The number of halogens is 3. The van der Waals surface area contributed by atoms with Gasteiger partial charge >= 0.3 is 6.18 Å². The van der Waals surface area contributed by atoms with Gasteiger partial charge in [0, 0.05) is 12.5 Å². The van der Waals surface area contributed by atoms with E-state index in [2.05, 4.69) is 0 Å². The van der Waals surface area contributed by atoms with Gasteiger partial charge < -0.3 is 9.84 Å². The first kappa shape index (κ1) is 9.80. The molecule has 0 aliphatic carbocycles. The highest BCUT2D eigenvalue weighted by molar-refractivity contribution is 4.90. The number of hydrogen-bond acceptors (Lipinski definition) is 2. The van der Waals surface area contributed by atoms with Crippen LogP contribution in [0.1, 0.15) is 13.3 Å². The third-order valence-electron chi connectivity index (χ3n) is 2.30. The van der Waals surface area contributed by atoms with Crippen LogP contribution in [0.25, 0.3) is 0 Å². The van der Waals surface area contributed by atoms with E-state index in [9.17, 15) is 13.2 Å². The molecule has 72 valence electrons. The third-order valence-corrected chi connectivity index (χ3v) is 2.30. The fourth-order valence-electron chi connectivity index (χ4n) is 1.21. The number of rotatable bonds is 1. The molecule has 2 nitrogen and oxygen atoms in total. The van der Waals surface area contributed by atoms with Crippen LogP contribution >= 0.6 is 0 Å². The zero-order chi connectivity index (χ0) is 9.41. The summed E-state index contributed by atoms with van der Waals surface area (Å²) in [6.07, 6.45) is -4.29. The summed E-state index contributed by atoms with van der Waals surface area (Å²) in [5, 5.41) is 9.15. The first-order valence-electron chi connectivity index (χ1n) is 3.72. The summed E-state index contributed by atoms with van der Waals surface area (Å²) in [6, 6.07) is 0. The van der Waals surface area contributed by atoms with Crippen molar-refractivity contribution in [2.24, 2.45) is 5.92 Å². The molecule has 1 aliphatic heterocycles. The molecule has 0 spiro atoms. The van der Waals surface area contributed by atoms with Crippen LogP contribution in [-0.2, 0) is 4.74 Å². The van der Waals surface area contributed by atoms with Crippen LogP contribution in [0.5, 0.6) is 0 Å². The Labute approximate surface area is 68.3 Å². The van der Waals surface area contributed by atoms with Crippen LogP contribution in [0.15, 0.2) is 0 Å². The average Bonchev–Trinajstić information content (AvgIpc) is 2.34. The quantitative estimate of drug-likeness (QED) is 0.666. The minimum Gasteiger partial charge on any atom is -0.381 e. The molecule has 5 heteroatoms. The van der Waals surface area contributed by atoms with Gasteiger partial charge in [0.05, 0.1) is 6.61 Å². The molecule has 0 saturated carbocycles. The molecule has 0 bridgehead atoms. The van der Waals surface area contributed by atoms with Crippen LogP contribution in [0.3, 0.4) is 0 Å². The lowest BCUT2D eigenvalue weighted by Gasteiger charge is -2.31. The second kappa shape index (κ2) is 2.88. The van der Waals surface area contributed by atoms with Crippen molar-refractivity contribution < 1.29 is 23.0 Å². The number of alkyl halides is 3. The summed E-state index contributed by atoms with van der Waals surface area (Å²) in [4.78, 5) is 0. The summed E-state index contributed by atoms with van der Waals surface area (Å²) >= 11 is 0. The summed E-state index contributed by atoms with van der Waals surface area (Å²) in [7, 11) is 0. The van der Waals surface area contributed by atoms with E-state index in [1.54, 1.807) is 0 Å². The lowest BCUT2D eigenvalue weighted by molar-refractivity contribution is -0.271. The molecule has 1 N–H and O–H groups in total. The normalized spacial score (nSPS) is 30.2. The minimum atomic E-state index is -4.56. The standard InChI is InChI=1S/C7H11F3O2/c1-6(11,7(8,9)10)5-2-3-12-4-5/h5,11H,2-4H2,1H3. The van der Waals surface area contributed by atoms with Crippen molar-refractivity contribution in [3.05, 3.63) is 0 Å². The first-order chi connectivity index (χ1) is 5.36. The van der Waals surface area contributed by atoms with Crippen LogP contribution in [-0.4, -0.2) is 30.1 Å². The highest BCUT2D eigenvalue weighted by Crippen LogP contribution is 2.39. The smallest absolute Gasteiger partial charge is 0.381 e. The zero-order valence-electron chi connectivity index (χ0n) is 6.69. The van der Waals surface area contributed by atoms with Crippen molar-refractivity contribution >= 4 is 0 Å². The largest absolute Gasteiger partial charge is 0.417 e. The Bertz CT molecular complexity index is 159. The number of ether oxygens (including phenoxy) is 1.